The van der Waals surface area contributed by atoms with Crippen LogP contribution in [0.2, 0.25) is 0 Å². The molecular formula is C11H20O7. The van der Waals surface area contributed by atoms with Crippen molar-refractivity contribution in [2.45, 2.75) is 31.3 Å². The van der Waals surface area contributed by atoms with Crippen LogP contribution in [-0.2, 0) is 28.5 Å². The lowest BCUT2D eigenvalue weighted by atomic mass is 10.0. The molecule has 0 saturated heterocycles. The number of carbonyl (C=O) groups is 2. The van der Waals surface area contributed by atoms with Crippen molar-refractivity contribution in [3.63, 3.8) is 0 Å². The fraction of sp³-hybridized carbons (Fsp3) is 0.818. The zero-order valence-electron chi connectivity index (χ0n) is 13.1. The first kappa shape index (κ1) is 12.0. The van der Waals surface area contributed by atoms with Gasteiger partial charge in [0.2, 0.25) is 0 Å². The lowest BCUT2D eigenvalue weighted by molar-refractivity contribution is -0.180. The number of rotatable bonds is 9. The molecule has 0 aliphatic heterocycles. The fourth-order valence-corrected chi connectivity index (χ4v) is 1.36. The Balaban J connectivity index is 5.14. The van der Waals surface area contributed by atoms with Gasteiger partial charge in [0.25, 0.3) is 0 Å². The minimum atomic E-state index is -1.38. The van der Waals surface area contributed by atoms with Crippen molar-refractivity contribution in [2.75, 3.05) is 27.9 Å². The molecule has 7 nitrogen and oxygen atoms in total. The highest BCUT2D eigenvalue weighted by Crippen LogP contribution is 2.14. The topological polar surface area (TPSA) is 91.3 Å². The van der Waals surface area contributed by atoms with E-state index in [0.29, 0.717) is 6.29 Å². The first-order valence-electron chi connectivity index (χ1n) is 7.13. The van der Waals surface area contributed by atoms with E-state index in [9.17, 15) is 14.7 Å². The standard InChI is InChI=1S/C11H20O7/c1-7(13)18-10(8(14)6-15-2)11(17-4)9(5-12)16-3/h5,8-11,14H,6H2,1-4H3/t8-,9+,10-,11-/m1/s1/i2D,3D,4D. The van der Waals surface area contributed by atoms with Crippen molar-refractivity contribution in [1.82, 2.24) is 0 Å². The Bertz CT molecular complexity index is 306. The van der Waals surface area contributed by atoms with Gasteiger partial charge in [-0.05, 0) is 0 Å². The van der Waals surface area contributed by atoms with Gasteiger partial charge in [-0.1, -0.05) is 0 Å². The van der Waals surface area contributed by atoms with E-state index >= 15 is 0 Å². The molecule has 106 valence electrons. The second-order valence-corrected chi connectivity index (χ2v) is 3.41. The van der Waals surface area contributed by atoms with Crippen LogP contribution in [0, 0.1) is 0 Å². The van der Waals surface area contributed by atoms with Gasteiger partial charge in [0.05, 0.1) is 10.7 Å². The van der Waals surface area contributed by atoms with E-state index in [1.54, 1.807) is 0 Å². The Morgan fingerprint density at radius 2 is 2.06 bits per heavy atom. The van der Waals surface area contributed by atoms with Crippen LogP contribution >= 0.6 is 0 Å². The molecule has 18 heavy (non-hydrogen) atoms. The molecule has 0 aliphatic rings. The largest absolute Gasteiger partial charge is 0.457 e. The second-order valence-electron chi connectivity index (χ2n) is 3.41. The molecule has 0 amide bonds. The number of aliphatic hydroxyl groups is 1. The highest BCUT2D eigenvalue weighted by Gasteiger charge is 2.37. The molecule has 0 unspecified atom stereocenters. The van der Waals surface area contributed by atoms with E-state index in [1.165, 1.54) is 0 Å². The SMILES string of the molecule is [2H]COC[C@@H](O)[C@@H](OC(C)=O)[C@H](OC[2H])[C@H](C=O)OC[2H]. The Morgan fingerprint density at radius 3 is 2.56 bits per heavy atom. The zero-order valence-corrected chi connectivity index (χ0v) is 10.1. The maximum atomic E-state index is 11.1. The van der Waals surface area contributed by atoms with Gasteiger partial charge in [-0.25, -0.2) is 0 Å². The monoisotopic (exact) mass is 267 g/mol. The molecule has 4 atom stereocenters. The van der Waals surface area contributed by atoms with Crippen LogP contribution in [-0.4, -0.2) is 69.6 Å². The molecule has 0 fully saturated rings. The highest BCUT2D eigenvalue weighted by molar-refractivity contribution is 5.66. The van der Waals surface area contributed by atoms with Crippen LogP contribution < -0.4 is 0 Å². The Hall–Kier alpha value is -1.02. The number of hydrogen-bond acceptors (Lipinski definition) is 7. The van der Waals surface area contributed by atoms with Gasteiger partial charge >= 0.3 is 5.97 Å². The number of esters is 1. The summed E-state index contributed by atoms with van der Waals surface area (Å²) in [6.45, 7) is 0.774. The van der Waals surface area contributed by atoms with Gasteiger partial charge in [-0.3, -0.25) is 4.79 Å². The molecule has 0 aromatic heterocycles. The van der Waals surface area contributed by atoms with Crippen LogP contribution in [0.3, 0.4) is 0 Å². The van der Waals surface area contributed by atoms with Crippen molar-refractivity contribution in [3.8, 4) is 0 Å². The third kappa shape index (κ3) is 5.09. The third-order valence-electron chi connectivity index (χ3n) is 2.14. The summed E-state index contributed by atoms with van der Waals surface area (Å²) >= 11 is 0. The summed E-state index contributed by atoms with van der Waals surface area (Å²) in [7, 11) is -1.53. The van der Waals surface area contributed by atoms with Gasteiger partial charge in [0.15, 0.2) is 12.4 Å². The van der Waals surface area contributed by atoms with E-state index in [-0.39, 0.29) is 6.61 Å². The summed E-state index contributed by atoms with van der Waals surface area (Å²) in [5.41, 5.74) is 0. The first-order chi connectivity index (χ1) is 10.0. The number of aliphatic hydroxyl groups excluding tert-OH is 1. The highest BCUT2D eigenvalue weighted by atomic mass is 16.6. The van der Waals surface area contributed by atoms with Crippen molar-refractivity contribution in [1.29, 1.82) is 0 Å². The molecular weight excluding hydrogens is 244 g/mol. The molecule has 0 heterocycles. The summed E-state index contributed by atoms with van der Waals surface area (Å²) in [6.07, 6.45) is -4.93. The van der Waals surface area contributed by atoms with E-state index in [2.05, 4.69) is 0 Å². The molecule has 0 rings (SSSR count). The average Bonchev–Trinajstić information content (AvgIpc) is 2.46. The number of ether oxygens (including phenoxy) is 4. The van der Waals surface area contributed by atoms with Gasteiger partial charge in [-0.15, -0.1) is 0 Å². The van der Waals surface area contributed by atoms with Crippen molar-refractivity contribution >= 4 is 12.3 Å². The molecule has 0 saturated carbocycles. The Kier molecular flexibility index (Phi) is 6.01. The summed E-state index contributed by atoms with van der Waals surface area (Å²) in [4.78, 5) is 22.1. The smallest absolute Gasteiger partial charge is 0.303 e. The second kappa shape index (κ2) is 8.98. The van der Waals surface area contributed by atoms with Crippen LogP contribution in [0.25, 0.3) is 0 Å². The van der Waals surface area contributed by atoms with Crippen molar-refractivity contribution in [3.05, 3.63) is 0 Å². The minimum absolute atomic E-state index is 0.328. The number of hydrogen-bond donors (Lipinski definition) is 1. The normalized spacial score (nSPS) is 19.8. The summed E-state index contributed by atoms with van der Waals surface area (Å²) in [5, 5.41) is 9.95. The molecule has 0 bridgehead atoms. The number of methoxy groups -OCH3 is 3. The Morgan fingerprint density at radius 1 is 1.33 bits per heavy atom. The molecule has 1 N–H and O–H groups in total. The first-order valence-corrected chi connectivity index (χ1v) is 5.01. The zero-order chi connectivity index (χ0) is 16.3. The van der Waals surface area contributed by atoms with E-state index in [1.807, 2.05) is 0 Å². The number of aldehydes is 1. The molecule has 0 spiro atoms. The lowest BCUT2D eigenvalue weighted by Crippen LogP contribution is -2.50. The van der Waals surface area contributed by atoms with Crippen LogP contribution in [0.15, 0.2) is 0 Å². The fourth-order valence-electron chi connectivity index (χ4n) is 1.36. The van der Waals surface area contributed by atoms with Crippen LogP contribution in [0.5, 0.6) is 0 Å². The quantitative estimate of drug-likeness (QED) is 0.430. The maximum absolute atomic E-state index is 11.1. The third-order valence-corrected chi connectivity index (χ3v) is 2.14. The summed E-state index contributed by atoms with van der Waals surface area (Å²) in [5.74, 6) is -0.737. The van der Waals surface area contributed by atoms with Crippen molar-refractivity contribution < 1.29 is 37.8 Å². The summed E-state index contributed by atoms with van der Waals surface area (Å²) < 4.78 is 40.3. The molecule has 0 aliphatic carbocycles. The van der Waals surface area contributed by atoms with Gasteiger partial charge in [0, 0.05) is 28.2 Å². The van der Waals surface area contributed by atoms with Gasteiger partial charge in [-0.2, -0.15) is 0 Å². The molecule has 0 aromatic carbocycles. The van der Waals surface area contributed by atoms with Crippen LogP contribution in [0.4, 0.5) is 0 Å². The predicted octanol–water partition coefficient (Wildman–Crippen LogP) is -0.846. The molecule has 7 heteroatoms. The minimum Gasteiger partial charge on any atom is -0.457 e. The molecule has 0 aromatic rings. The Labute approximate surface area is 110 Å². The van der Waals surface area contributed by atoms with E-state index < -0.39 is 51.6 Å². The number of carbonyl (C=O) groups excluding carboxylic acids is 2. The van der Waals surface area contributed by atoms with Gasteiger partial charge < -0.3 is 28.8 Å². The predicted molar refractivity (Wildman–Crippen MR) is 61.1 cm³/mol. The van der Waals surface area contributed by atoms with E-state index in [0.717, 1.165) is 6.92 Å². The van der Waals surface area contributed by atoms with Gasteiger partial charge in [0.1, 0.15) is 18.3 Å². The lowest BCUT2D eigenvalue weighted by Gasteiger charge is -2.31. The van der Waals surface area contributed by atoms with Crippen LogP contribution in [0.1, 0.15) is 11.0 Å². The maximum Gasteiger partial charge on any atom is 0.303 e. The van der Waals surface area contributed by atoms with E-state index in [4.69, 9.17) is 23.1 Å². The molecule has 0 radical (unpaired) electrons. The van der Waals surface area contributed by atoms with Crippen molar-refractivity contribution in [2.24, 2.45) is 0 Å². The average molecular weight is 267 g/mol. The summed E-state index contributed by atoms with van der Waals surface area (Å²) in [6, 6.07) is 0.